The van der Waals surface area contributed by atoms with Crippen LogP contribution in [0.3, 0.4) is 0 Å². The van der Waals surface area contributed by atoms with Crippen LogP contribution in [0.25, 0.3) is 5.57 Å². The van der Waals surface area contributed by atoms with Crippen molar-refractivity contribution >= 4 is 11.5 Å². The minimum atomic E-state index is 0.0407. The lowest BCUT2D eigenvalue weighted by Gasteiger charge is -2.27. The van der Waals surface area contributed by atoms with Crippen LogP contribution in [0, 0.1) is 0 Å². The van der Waals surface area contributed by atoms with Gasteiger partial charge < -0.3 is 14.4 Å². The summed E-state index contributed by atoms with van der Waals surface area (Å²) in [6, 6.07) is 15.3. The normalized spacial score (nSPS) is 14.1. The molecule has 0 fully saturated rings. The van der Waals surface area contributed by atoms with Gasteiger partial charge in [0.1, 0.15) is 11.5 Å². The zero-order valence-corrected chi connectivity index (χ0v) is 14.0. The molecule has 0 N–H and O–H groups in total. The van der Waals surface area contributed by atoms with Gasteiger partial charge >= 0.3 is 0 Å². The van der Waals surface area contributed by atoms with E-state index in [4.69, 9.17) is 9.47 Å². The van der Waals surface area contributed by atoms with E-state index in [9.17, 15) is 4.79 Å². The molecule has 24 heavy (non-hydrogen) atoms. The number of nitrogens with zero attached hydrogens (tertiary/aromatic N) is 1. The van der Waals surface area contributed by atoms with E-state index in [0.717, 1.165) is 12.2 Å². The molecular formula is C20H21NO3. The van der Waals surface area contributed by atoms with Crippen LogP contribution in [-0.4, -0.2) is 38.1 Å². The molecule has 0 saturated heterocycles. The summed E-state index contributed by atoms with van der Waals surface area (Å²) in [4.78, 5) is 14.5. The van der Waals surface area contributed by atoms with Crippen LogP contribution < -0.4 is 9.47 Å². The second-order valence-corrected chi connectivity index (χ2v) is 5.69. The highest BCUT2D eigenvalue weighted by Crippen LogP contribution is 2.25. The third-order valence-corrected chi connectivity index (χ3v) is 4.27. The maximum absolute atomic E-state index is 12.6. The average molecular weight is 323 g/mol. The molecule has 0 saturated carbocycles. The van der Waals surface area contributed by atoms with Crippen LogP contribution in [0.2, 0.25) is 0 Å². The third kappa shape index (κ3) is 3.43. The molecule has 2 aromatic carbocycles. The molecule has 2 aromatic rings. The van der Waals surface area contributed by atoms with Crippen molar-refractivity contribution in [3.05, 3.63) is 65.7 Å². The maximum atomic E-state index is 12.6. The Bertz CT molecular complexity index is 750. The van der Waals surface area contributed by atoms with Crippen LogP contribution in [-0.2, 0) is 0 Å². The van der Waals surface area contributed by atoms with Crippen molar-refractivity contribution in [3.8, 4) is 11.5 Å². The molecule has 124 valence electrons. The van der Waals surface area contributed by atoms with Gasteiger partial charge in [0.2, 0.25) is 0 Å². The first-order valence-electron chi connectivity index (χ1n) is 7.98. The highest BCUT2D eigenvalue weighted by molar-refractivity contribution is 5.95. The molecule has 1 aliphatic heterocycles. The van der Waals surface area contributed by atoms with Crippen LogP contribution >= 0.6 is 0 Å². The summed E-state index contributed by atoms with van der Waals surface area (Å²) in [5.74, 6) is 1.59. The summed E-state index contributed by atoms with van der Waals surface area (Å²) in [7, 11) is 3.27. The first-order chi connectivity index (χ1) is 11.7. The summed E-state index contributed by atoms with van der Waals surface area (Å²) in [6.45, 7) is 1.34. The van der Waals surface area contributed by atoms with Gasteiger partial charge in [0, 0.05) is 18.7 Å². The Hall–Kier alpha value is -2.75. The van der Waals surface area contributed by atoms with Crippen LogP contribution in [0.5, 0.6) is 11.5 Å². The molecule has 0 bridgehead atoms. The molecule has 0 aliphatic carbocycles. The second kappa shape index (κ2) is 7.21. The molecule has 1 heterocycles. The predicted octanol–water partition coefficient (Wildman–Crippen LogP) is 3.63. The van der Waals surface area contributed by atoms with E-state index in [2.05, 4.69) is 18.2 Å². The Morgan fingerprint density at radius 1 is 1.00 bits per heavy atom. The number of benzene rings is 2. The summed E-state index contributed by atoms with van der Waals surface area (Å²) < 4.78 is 10.4. The molecule has 0 spiro atoms. The molecular weight excluding hydrogens is 302 g/mol. The van der Waals surface area contributed by atoms with Gasteiger partial charge in [0.25, 0.3) is 5.91 Å². The van der Waals surface area contributed by atoms with E-state index in [0.29, 0.717) is 24.4 Å². The lowest BCUT2D eigenvalue weighted by Crippen LogP contribution is -2.34. The number of amides is 1. The quantitative estimate of drug-likeness (QED) is 0.862. The van der Waals surface area contributed by atoms with Gasteiger partial charge in [-0.3, -0.25) is 4.79 Å². The van der Waals surface area contributed by atoms with Gasteiger partial charge in [-0.1, -0.05) is 24.3 Å². The Kier molecular flexibility index (Phi) is 4.85. The Balaban J connectivity index is 1.70. The number of hydrogen-bond donors (Lipinski definition) is 0. The predicted molar refractivity (Wildman–Crippen MR) is 94.5 cm³/mol. The maximum Gasteiger partial charge on any atom is 0.254 e. The first kappa shape index (κ1) is 16.1. The lowest BCUT2D eigenvalue weighted by atomic mass is 9.99. The molecule has 4 nitrogen and oxygen atoms in total. The van der Waals surface area contributed by atoms with Gasteiger partial charge in [-0.15, -0.1) is 0 Å². The second-order valence-electron chi connectivity index (χ2n) is 5.69. The Morgan fingerprint density at radius 2 is 1.75 bits per heavy atom. The van der Waals surface area contributed by atoms with Crippen molar-refractivity contribution in [3.63, 3.8) is 0 Å². The monoisotopic (exact) mass is 323 g/mol. The third-order valence-electron chi connectivity index (χ3n) is 4.27. The van der Waals surface area contributed by atoms with Gasteiger partial charge in [-0.05, 0) is 47.9 Å². The molecule has 0 unspecified atom stereocenters. The summed E-state index contributed by atoms with van der Waals surface area (Å²) >= 11 is 0. The molecule has 0 atom stereocenters. The van der Waals surface area contributed by atoms with E-state index in [1.807, 2.05) is 35.2 Å². The zero-order chi connectivity index (χ0) is 16.9. The van der Waals surface area contributed by atoms with E-state index in [-0.39, 0.29) is 5.91 Å². The number of carbonyl (C=O) groups excluding carboxylic acids is 1. The Labute approximate surface area is 142 Å². The molecule has 0 radical (unpaired) electrons. The number of ether oxygens (including phenoxy) is 2. The smallest absolute Gasteiger partial charge is 0.254 e. The summed E-state index contributed by atoms with van der Waals surface area (Å²) in [5.41, 5.74) is 3.12. The summed E-state index contributed by atoms with van der Waals surface area (Å²) in [5, 5.41) is 0. The number of carbonyl (C=O) groups is 1. The van der Waals surface area contributed by atoms with Crippen LogP contribution in [0.1, 0.15) is 22.3 Å². The molecule has 4 heteroatoms. The Morgan fingerprint density at radius 3 is 2.38 bits per heavy atom. The SMILES string of the molecule is COc1ccc(C2=CCN(C(=O)c3cccc(OC)c3)CC2)cc1. The minimum absolute atomic E-state index is 0.0407. The van der Waals surface area contributed by atoms with Crippen LogP contribution in [0.4, 0.5) is 0 Å². The number of rotatable bonds is 4. The highest BCUT2D eigenvalue weighted by Gasteiger charge is 2.19. The topological polar surface area (TPSA) is 38.8 Å². The van der Waals surface area contributed by atoms with Gasteiger partial charge in [-0.25, -0.2) is 0 Å². The van der Waals surface area contributed by atoms with E-state index in [1.54, 1.807) is 20.3 Å². The standard InChI is InChI=1S/C20H21NO3/c1-23-18-8-6-15(7-9-18)16-10-12-21(13-11-16)20(22)17-4-3-5-19(14-17)24-2/h3-10,14H,11-13H2,1-2H3. The fourth-order valence-electron chi connectivity index (χ4n) is 2.86. The first-order valence-corrected chi connectivity index (χ1v) is 7.98. The fraction of sp³-hybridized carbons (Fsp3) is 0.250. The largest absolute Gasteiger partial charge is 0.497 e. The van der Waals surface area contributed by atoms with Crippen molar-refractivity contribution in [2.75, 3.05) is 27.3 Å². The van der Waals surface area contributed by atoms with E-state index in [1.165, 1.54) is 11.1 Å². The van der Waals surface area contributed by atoms with Crippen molar-refractivity contribution in [2.45, 2.75) is 6.42 Å². The lowest BCUT2D eigenvalue weighted by molar-refractivity contribution is 0.0772. The van der Waals surface area contributed by atoms with E-state index < -0.39 is 0 Å². The average Bonchev–Trinajstić information content (AvgIpc) is 2.67. The molecule has 1 amide bonds. The molecule has 1 aliphatic rings. The van der Waals surface area contributed by atoms with Gasteiger partial charge in [0.15, 0.2) is 0 Å². The van der Waals surface area contributed by atoms with Crippen molar-refractivity contribution < 1.29 is 14.3 Å². The number of hydrogen-bond acceptors (Lipinski definition) is 3. The zero-order valence-electron chi connectivity index (χ0n) is 14.0. The van der Waals surface area contributed by atoms with Gasteiger partial charge in [-0.2, -0.15) is 0 Å². The van der Waals surface area contributed by atoms with Crippen molar-refractivity contribution in [1.29, 1.82) is 0 Å². The highest BCUT2D eigenvalue weighted by atomic mass is 16.5. The number of methoxy groups -OCH3 is 2. The summed E-state index contributed by atoms with van der Waals surface area (Å²) in [6.07, 6.45) is 2.98. The van der Waals surface area contributed by atoms with E-state index >= 15 is 0 Å². The molecule has 0 aromatic heterocycles. The minimum Gasteiger partial charge on any atom is -0.497 e. The fourth-order valence-corrected chi connectivity index (χ4v) is 2.86. The van der Waals surface area contributed by atoms with Crippen molar-refractivity contribution in [1.82, 2.24) is 4.90 Å². The molecule has 3 rings (SSSR count). The van der Waals surface area contributed by atoms with Crippen LogP contribution in [0.15, 0.2) is 54.6 Å². The van der Waals surface area contributed by atoms with Gasteiger partial charge in [0.05, 0.1) is 14.2 Å². The van der Waals surface area contributed by atoms with Crippen molar-refractivity contribution in [2.24, 2.45) is 0 Å².